The number of hydrogen-bond donors (Lipinski definition) is 3. The van der Waals surface area contributed by atoms with E-state index >= 15 is 0 Å². The Morgan fingerprint density at radius 2 is 1.68 bits per heavy atom. The first-order chi connectivity index (χ1) is 13.0. The summed E-state index contributed by atoms with van der Waals surface area (Å²) in [5.74, 6) is 0.107. The predicted molar refractivity (Wildman–Crippen MR) is 113 cm³/mol. The number of carbonyl (C=O) groups excluding carboxylic acids is 1. The number of anilines is 1. The summed E-state index contributed by atoms with van der Waals surface area (Å²) < 4.78 is 21.5. The van der Waals surface area contributed by atoms with Crippen LogP contribution in [0.25, 0.3) is 0 Å². The average molecular weight is 411 g/mol. The molecule has 2 rings (SSSR count). The molecule has 0 radical (unpaired) electrons. The molecule has 0 spiro atoms. The Hall–Kier alpha value is -1.83. The highest BCUT2D eigenvalue weighted by atomic mass is 32.2. The van der Waals surface area contributed by atoms with Gasteiger partial charge in [0.2, 0.25) is 6.41 Å². The lowest BCUT2D eigenvalue weighted by atomic mass is 9.92. The van der Waals surface area contributed by atoms with Gasteiger partial charge in [0, 0.05) is 11.3 Å². The van der Waals surface area contributed by atoms with E-state index in [2.05, 4.69) is 10.0 Å². The fraction of sp³-hybridized carbons (Fsp3) is 0.476. The summed E-state index contributed by atoms with van der Waals surface area (Å²) in [5, 5.41) is 13.0. The third kappa shape index (κ3) is 6.96. The Kier molecular flexibility index (Phi) is 9.20. The minimum absolute atomic E-state index is 0.177. The molecule has 5 nitrogen and oxygen atoms in total. The van der Waals surface area contributed by atoms with Crippen molar-refractivity contribution in [1.82, 2.24) is 4.72 Å². The zero-order valence-electron chi connectivity index (χ0n) is 17.6. The number of aliphatic hydroxyl groups is 1. The molecule has 156 valence electrons. The minimum atomic E-state index is -0.823. The van der Waals surface area contributed by atoms with Crippen LogP contribution >= 0.6 is 11.9 Å². The van der Waals surface area contributed by atoms with Gasteiger partial charge in [0.25, 0.3) is 0 Å². The normalized spacial score (nSPS) is 11.4. The first-order valence-electron chi connectivity index (χ1n) is 9.19. The summed E-state index contributed by atoms with van der Waals surface area (Å²) in [5.41, 5.74) is 2.41. The van der Waals surface area contributed by atoms with Crippen molar-refractivity contribution in [2.45, 2.75) is 64.1 Å². The second kappa shape index (κ2) is 10.6. The lowest BCUT2D eigenvalue weighted by molar-refractivity contribution is -0.105. The van der Waals surface area contributed by atoms with Crippen molar-refractivity contribution in [1.29, 1.82) is 0 Å². The van der Waals surface area contributed by atoms with Crippen molar-refractivity contribution in [3.8, 4) is 0 Å². The topological polar surface area (TPSA) is 74.5 Å². The van der Waals surface area contributed by atoms with E-state index in [1.54, 1.807) is 20.1 Å². The van der Waals surface area contributed by atoms with E-state index in [1.165, 1.54) is 24.1 Å². The van der Waals surface area contributed by atoms with Crippen LogP contribution in [0.4, 0.5) is 10.1 Å². The molecular formula is C21H31FN2O3S. The summed E-state index contributed by atoms with van der Waals surface area (Å²) in [6.07, 6.45) is 2.21. The third-order valence-corrected chi connectivity index (χ3v) is 4.72. The van der Waals surface area contributed by atoms with Gasteiger partial charge in [0.05, 0.1) is 11.9 Å². The van der Waals surface area contributed by atoms with Crippen molar-refractivity contribution in [3.63, 3.8) is 0 Å². The van der Waals surface area contributed by atoms with E-state index in [0.717, 1.165) is 27.5 Å². The van der Waals surface area contributed by atoms with Gasteiger partial charge in [-0.05, 0) is 74.0 Å². The zero-order valence-corrected chi connectivity index (χ0v) is 18.4. The average Bonchev–Trinajstić information content (AvgIpc) is 3.06. The summed E-state index contributed by atoms with van der Waals surface area (Å²) in [6.45, 7) is 11.4. The Bertz CT molecular complexity index is 738. The zero-order chi connectivity index (χ0) is 21.5. The fourth-order valence-electron chi connectivity index (χ4n) is 2.58. The number of rotatable bonds is 7. The fourth-order valence-corrected chi connectivity index (χ4v) is 3.06. The molecule has 1 heterocycles. The van der Waals surface area contributed by atoms with Crippen molar-refractivity contribution < 1.29 is 18.7 Å². The predicted octanol–water partition coefficient (Wildman–Crippen LogP) is 5.37. The third-order valence-electron chi connectivity index (χ3n) is 4.10. The Labute approximate surface area is 171 Å². The van der Waals surface area contributed by atoms with Crippen LogP contribution in [0.3, 0.4) is 0 Å². The molecule has 0 aliphatic rings. The summed E-state index contributed by atoms with van der Waals surface area (Å²) in [6, 6.07) is 4.80. The number of carbonyl (C=O) groups is 1. The van der Waals surface area contributed by atoms with E-state index in [9.17, 15) is 14.3 Å². The molecular weight excluding hydrogens is 379 g/mol. The highest BCUT2D eigenvalue weighted by Crippen LogP contribution is 2.33. The molecule has 0 aliphatic carbocycles. The first-order valence-corrected chi connectivity index (χ1v) is 10.0. The monoisotopic (exact) mass is 410 g/mol. The molecule has 3 N–H and O–H groups in total. The number of halogens is 1. The second-order valence-corrected chi connectivity index (χ2v) is 8.57. The Balaban J connectivity index is 0.000000292. The molecule has 0 aliphatic heterocycles. The van der Waals surface area contributed by atoms with Gasteiger partial charge in [0.15, 0.2) is 5.09 Å². The summed E-state index contributed by atoms with van der Waals surface area (Å²) in [7, 11) is 1.82. The highest BCUT2D eigenvalue weighted by molar-refractivity contribution is 7.97. The number of amides is 1. The summed E-state index contributed by atoms with van der Waals surface area (Å²) in [4.78, 5) is 10.6. The van der Waals surface area contributed by atoms with E-state index in [4.69, 9.17) is 4.42 Å². The van der Waals surface area contributed by atoms with Crippen LogP contribution in [0.1, 0.15) is 70.1 Å². The van der Waals surface area contributed by atoms with Gasteiger partial charge in [-0.3, -0.25) is 9.52 Å². The van der Waals surface area contributed by atoms with Gasteiger partial charge < -0.3 is 14.8 Å². The SMILES string of the molecule is CC(C)c1cc(F)cc(C(C)C)c1NC=O.CNSc1cc(C(C)(C)O)co1. The van der Waals surface area contributed by atoms with Gasteiger partial charge in [-0.25, -0.2) is 4.39 Å². The van der Waals surface area contributed by atoms with Crippen molar-refractivity contribution in [3.05, 3.63) is 47.0 Å². The standard InChI is InChI=1S/C13H18FNO.C8H13NO2S/c1-8(2)11-5-10(14)6-12(9(3)4)13(11)15-7-16;1-8(2,10)6-4-7(11-5-6)12-9-3/h5-9H,1-4H3,(H,15,16);4-5,9-10H,1-3H3. The van der Waals surface area contributed by atoms with Crippen molar-refractivity contribution >= 4 is 24.0 Å². The number of hydrogen-bond acceptors (Lipinski definition) is 5. The molecule has 2 aromatic rings. The maximum absolute atomic E-state index is 13.5. The number of nitrogens with one attached hydrogen (secondary N) is 2. The lowest BCUT2D eigenvalue weighted by Crippen LogP contribution is -2.13. The van der Waals surface area contributed by atoms with Gasteiger partial charge in [-0.1, -0.05) is 27.7 Å². The van der Waals surface area contributed by atoms with Crippen LogP contribution in [-0.2, 0) is 10.4 Å². The van der Waals surface area contributed by atoms with E-state index in [1.807, 2.05) is 40.8 Å². The molecule has 1 aromatic heterocycles. The van der Waals surface area contributed by atoms with Crippen LogP contribution in [0.2, 0.25) is 0 Å². The summed E-state index contributed by atoms with van der Waals surface area (Å²) >= 11 is 1.38. The van der Waals surface area contributed by atoms with Crippen LogP contribution in [0.5, 0.6) is 0 Å². The van der Waals surface area contributed by atoms with E-state index in [0.29, 0.717) is 6.41 Å². The first kappa shape index (κ1) is 24.2. The molecule has 0 unspecified atom stereocenters. The van der Waals surface area contributed by atoms with Gasteiger partial charge in [0.1, 0.15) is 5.82 Å². The molecule has 0 saturated heterocycles. The maximum atomic E-state index is 13.5. The molecule has 28 heavy (non-hydrogen) atoms. The van der Waals surface area contributed by atoms with E-state index in [-0.39, 0.29) is 17.7 Å². The van der Waals surface area contributed by atoms with E-state index < -0.39 is 5.60 Å². The second-order valence-electron chi connectivity index (χ2n) is 7.55. The molecule has 7 heteroatoms. The smallest absolute Gasteiger partial charge is 0.211 e. The van der Waals surface area contributed by atoms with Crippen LogP contribution in [0, 0.1) is 5.82 Å². The molecule has 0 fully saturated rings. The Morgan fingerprint density at radius 3 is 2.04 bits per heavy atom. The number of furan rings is 1. The van der Waals surface area contributed by atoms with Gasteiger partial charge >= 0.3 is 0 Å². The maximum Gasteiger partial charge on any atom is 0.211 e. The molecule has 0 bridgehead atoms. The highest BCUT2D eigenvalue weighted by Gasteiger charge is 2.18. The largest absolute Gasteiger partial charge is 0.456 e. The Morgan fingerprint density at radius 1 is 1.14 bits per heavy atom. The molecule has 1 amide bonds. The molecule has 0 atom stereocenters. The van der Waals surface area contributed by atoms with Crippen molar-refractivity contribution in [2.24, 2.45) is 0 Å². The van der Waals surface area contributed by atoms with Crippen molar-refractivity contribution in [2.75, 3.05) is 12.4 Å². The van der Waals surface area contributed by atoms with Gasteiger partial charge in [-0.15, -0.1) is 0 Å². The molecule has 0 saturated carbocycles. The quantitative estimate of drug-likeness (QED) is 0.422. The van der Waals surface area contributed by atoms with Crippen LogP contribution in [0.15, 0.2) is 34.0 Å². The van der Waals surface area contributed by atoms with Crippen LogP contribution < -0.4 is 10.0 Å². The number of benzene rings is 1. The minimum Gasteiger partial charge on any atom is -0.456 e. The lowest BCUT2D eigenvalue weighted by Gasteiger charge is -2.18. The van der Waals surface area contributed by atoms with Gasteiger partial charge in [-0.2, -0.15) is 0 Å². The molecule has 1 aromatic carbocycles. The van der Waals surface area contributed by atoms with Crippen LogP contribution in [-0.4, -0.2) is 18.6 Å².